The molecule has 67 heavy (non-hydrogen) atoms. The van der Waals surface area contributed by atoms with Crippen LogP contribution in [0.5, 0.6) is 0 Å². The molecular weight excluding hydrogens is 998 g/mol. The Balaban J connectivity index is 1.09. The molecule has 0 aliphatic carbocycles. The van der Waals surface area contributed by atoms with Crippen LogP contribution >= 0.6 is 45.7 Å². The minimum atomic E-state index is -1.06. The van der Waals surface area contributed by atoms with Crippen LogP contribution in [0.25, 0.3) is 0 Å². The number of oxime groups is 1. The third-order valence-electron chi connectivity index (χ3n) is 10.9. The zero-order valence-corrected chi connectivity index (χ0v) is 40.5. The summed E-state index contributed by atoms with van der Waals surface area (Å²) in [5.41, 5.74) is 3.21. The van der Waals surface area contributed by atoms with Crippen LogP contribution in [0.2, 0.25) is 0 Å². The molecule has 2 atom stereocenters. The number of hydrogen-bond donors (Lipinski definition) is 2. The molecule has 340 valence electrons. The zero-order valence-electron chi connectivity index (χ0n) is 36.8. The van der Waals surface area contributed by atoms with Crippen molar-refractivity contribution in [3.63, 3.8) is 0 Å². The van der Waals surface area contributed by atoms with Gasteiger partial charge in [0.2, 0.25) is 5.76 Å². The van der Waals surface area contributed by atoms with Crippen LogP contribution < -0.4 is 10.6 Å². The van der Waals surface area contributed by atoms with Gasteiger partial charge in [-0.25, -0.2) is 14.6 Å². The number of thioether (sulfide) groups is 1. The van der Waals surface area contributed by atoms with Gasteiger partial charge in [-0.15, -0.1) is 23.1 Å². The van der Waals surface area contributed by atoms with Crippen molar-refractivity contribution < 1.29 is 33.5 Å². The van der Waals surface area contributed by atoms with Crippen molar-refractivity contribution in [3.05, 3.63) is 214 Å². The summed E-state index contributed by atoms with van der Waals surface area (Å²) in [4.78, 5) is 67.7. The zero-order chi connectivity index (χ0) is 47.1. The molecule has 0 saturated carbocycles. The fourth-order valence-electron chi connectivity index (χ4n) is 7.79. The van der Waals surface area contributed by atoms with E-state index in [0.29, 0.717) is 15.3 Å². The molecule has 0 spiro atoms. The third kappa shape index (κ3) is 10.2. The number of thiazole rings is 1. The lowest BCUT2D eigenvalue weighted by atomic mass is 9.77. The number of amides is 2. The molecule has 1 fully saturated rings. The number of aromatic nitrogens is 1. The van der Waals surface area contributed by atoms with Crippen molar-refractivity contribution in [2.75, 3.05) is 15.5 Å². The lowest BCUT2D eigenvalue weighted by Gasteiger charge is -2.49. The van der Waals surface area contributed by atoms with E-state index in [1.807, 2.05) is 152 Å². The number of β-lactam (4-membered cyclic amide) rings is 1. The molecule has 2 aliphatic rings. The van der Waals surface area contributed by atoms with Gasteiger partial charge in [0.25, 0.3) is 11.8 Å². The molecule has 12 nitrogen and oxygen atoms in total. The number of benzene rings is 5. The molecule has 0 unspecified atom stereocenters. The molecule has 3 heterocycles. The molecular formula is C52H46IN5O7S2. The van der Waals surface area contributed by atoms with E-state index in [9.17, 15) is 19.2 Å². The average Bonchev–Trinajstić information content (AvgIpc) is 3.82. The maximum atomic E-state index is 14.5. The number of fused-ring (bicyclic) bond motifs is 1. The molecule has 0 radical (unpaired) electrons. The summed E-state index contributed by atoms with van der Waals surface area (Å²) in [6.45, 7) is 8.78. The first kappa shape index (κ1) is 47.0. The van der Waals surface area contributed by atoms with Gasteiger partial charge >= 0.3 is 11.9 Å². The number of halogens is 1. The number of nitrogens with one attached hydrogen (secondary N) is 2. The molecule has 2 N–H and O–H groups in total. The summed E-state index contributed by atoms with van der Waals surface area (Å²) in [7, 11) is 0. The summed E-state index contributed by atoms with van der Waals surface area (Å²) in [5.74, 6) is -2.89. The minimum Gasteiger partial charge on any atom is -0.454 e. The van der Waals surface area contributed by atoms with Crippen LogP contribution in [0.1, 0.15) is 60.4 Å². The Labute approximate surface area is 410 Å². The summed E-state index contributed by atoms with van der Waals surface area (Å²) in [6.07, 6.45) is -0.734. The maximum absolute atomic E-state index is 14.5. The van der Waals surface area contributed by atoms with E-state index >= 15 is 0 Å². The Hall–Kier alpha value is -6.56. The molecule has 15 heteroatoms. The van der Waals surface area contributed by atoms with E-state index in [-0.39, 0.29) is 17.1 Å². The quantitative estimate of drug-likeness (QED) is 0.0111. The average molecular weight is 1040 g/mol. The number of hydrogen-bond acceptors (Lipinski definition) is 12. The van der Waals surface area contributed by atoms with Crippen molar-refractivity contribution in [1.29, 1.82) is 0 Å². The van der Waals surface area contributed by atoms with Gasteiger partial charge in [-0.05, 0) is 60.7 Å². The highest BCUT2D eigenvalue weighted by Crippen LogP contribution is 2.43. The largest absolute Gasteiger partial charge is 0.454 e. The first-order valence-electron chi connectivity index (χ1n) is 21.3. The normalized spacial score (nSPS) is 16.1. The number of ether oxygens (including phenoxy) is 2. The number of esters is 2. The smallest absolute Gasteiger partial charge is 0.376 e. The summed E-state index contributed by atoms with van der Waals surface area (Å²) < 4.78 is 12.1. The molecule has 1 saturated heterocycles. The predicted molar refractivity (Wildman–Crippen MR) is 269 cm³/mol. The highest BCUT2D eigenvalue weighted by atomic mass is 127. The van der Waals surface area contributed by atoms with Gasteiger partial charge in [0.15, 0.2) is 16.9 Å². The van der Waals surface area contributed by atoms with Gasteiger partial charge in [0, 0.05) is 15.6 Å². The van der Waals surface area contributed by atoms with Gasteiger partial charge in [-0.2, -0.15) is 0 Å². The van der Waals surface area contributed by atoms with E-state index in [4.69, 9.17) is 19.3 Å². The van der Waals surface area contributed by atoms with Crippen molar-refractivity contribution in [2.45, 2.75) is 49.4 Å². The fourth-order valence-corrected chi connectivity index (χ4v) is 10.9. The summed E-state index contributed by atoms with van der Waals surface area (Å²) >= 11 is 4.83. The predicted octanol–water partition coefficient (Wildman–Crippen LogP) is 9.54. The van der Waals surface area contributed by atoms with Crippen LogP contribution in [0.15, 0.2) is 186 Å². The topological polar surface area (TPSA) is 149 Å². The molecule has 0 bridgehead atoms. The second-order valence-corrected chi connectivity index (χ2v) is 19.2. The lowest BCUT2D eigenvalue weighted by molar-refractivity contribution is -0.154. The SMILES string of the molecule is C=C(ON=C(C(=O)N[C@@H]1C(=O)N2C(C(=O)OC(c3ccccc3)c3ccccc3)=C(CI)CS[C@@H]12)c1csc(NC(c2ccccc2)(c2ccccc2)c2ccccc2)n1)C(=O)OC(C)(C)C. The first-order chi connectivity index (χ1) is 32.4. The Morgan fingerprint density at radius 3 is 1.82 bits per heavy atom. The maximum Gasteiger partial charge on any atom is 0.376 e. The highest BCUT2D eigenvalue weighted by molar-refractivity contribution is 14.1. The monoisotopic (exact) mass is 1040 g/mol. The number of nitrogens with zero attached hydrogens (tertiary/aromatic N) is 3. The van der Waals surface area contributed by atoms with Crippen LogP contribution in [0.4, 0.5) is 5.13 Å². The van der Waals surface area contributed by atoms with E-state index < -0.39 is 58.2 Å². The fraction of sp³-hybridized carbons (Fsp3) is 0.192. The van der Waals surface area contributed by atoms with E-state index in [2.05, 4.69) is 45.0 Å². The van der Waals surface area contributed by atoms with Gasteiger partial charge in [0.05, 0.1) is 0 Å². The van der Waals surface area contributed by atoms with Crippen molar-refractivity contribution >= 4 is 80.3 Å². The van der Waals surface area contributed by atoms with Crippen molar-refractivity contribution in [2.24, 2.45) is 5.16 Å². The summed E-state index contributed by atoms with van der Waals surface area (Å²) in [5, 5.41) is 12.1. The highest BCUT2D eigenvalue weighted by Gasteiger charge is 2.55. The molecule has 5 aromatic carbocycles. The van der Waals surface area contributed by atoms with Crippen LogP contribution in [-0.4, -0.2) is 66.5 Å². The van der Waals surface area contributed by atoms with Gasteiger partial charge in [-0.1, -0.05) is 179 Å². The van der Waals surface area contributed by atoms with Crippen LogP contribution in [0, 0.1) is 0 Å². The van der Waals surface area contributed by atoms with Crippen molar-refractivity contribution in [1.82, 2.24) is 15.2 Å². The van der Waals surface area contributed by atoms with Gasteiger partial charge in [-0.3, -0.25) is 14.5 Å². The van der Waals surface area contributed by atoms with Gasteiger partial charge < -0.3 is 24.9 Å². The second-order valence-electron chi connectivity index (χ2n) is 16.5. The number of alkyl halides is 1. The standard InChI is InChI=1S/C52H46IN5O7S2/c1-33(48(61)64-51(2,3)4)65-57-41(40-32-67-50(54-40)56-52(37-24-14-7-15-25-37,38-26-16-8-17-27-38)39-28-18-9-19-29-39)45(59)55-42-46(60)58-43(36(30-53)31-66-47(42)58)49(62)63-44(34-20-10-5-11-21-34)35-22-12-6-13-23-35/h5-29,32,42,44,47H,1,30-31H2,2-4H3,(H,54,56)(H,55,59)/t42-,47+/m1/s1. The molecule has 2 amide bonds. The number of carbonyl (C=O) groups is 4. The van der Waals surface area contributed by atoms with E-state index in [0.717, 1.165) is 33.4 Å². The third-order valence-corrected chi connectivity index (χ3v) is 13.9. The van der Waals surface area contributed by atoms with Crippen molar-refractivity contribution in [3.8, 4) is 0 Å². The van der Waals surface area contributed by atoms with Gasteiger partial charge in [0.1, 0.15) is 33.9 Å². The minimum absolute atomic E-state index is 0.0919. The van der Waals surface area contributed by atoms with E-state index in [1.165, 1.54) is 28.0 Å². The van der Waals surface area contributed by atoms with E-state index in [1.54, 1.807) is 26.2 Å². The summed E-state index contributed by atoms with van der Waals surface area (Å²) in [6, 6.07) is 47.7. The van der Waals surface area contributed by atoms with Crippen LogP contribution in [-0.2, 0) is 39.0 Å². The van der Waals surface area contributed by atoms with Crippen LogP contribution in [0.3, 0.4) is 0 Å². The molecule has 8 rings (SSSR count). The Kier molecular flexibility index (Phi) is 14.4. The number of rotatable bonds is 16. The Morgan fingerprint density at radius 1 is 0.821 bits per heavy atom. The Morgan fingerprint density at radius 2 is 1.33 bits per heavy atom. The molecule has 2 aliphatic heterocycles. The Bertz CT molecular complexity index is 2680. The first-order valence-corrected chi connectivity index (χ1v) is 24.8. The number of anilines is 1. The second kappa shape index (κ2) is 20.5. The number of carbonyl (C=O) groups excluding carboxylic acids is 4. The molecule has 6 aromatic rings. The molecule has 1 aromatic heterocycles. The lowest BCUT2D eigenvalue weighted by Crippen LogP contribution is -2.71.